The molecule has 0 aromatic heterocycles. The minimum Gasteiger partial charge on any atom is -0.484 e. The maximum Gasteiger partial charge on any atom is 0.261 e. The minimum absolute atomic E-state index is 0.168. The summed E-state index contributed by atoms with van der Waals surface area (Å²) in [7, 11) is 0. The van der Waals surface area contributed by atoms with Crippen molar-refractivity contribution in [3.63, 3.8) is 0 Å². The highest BCUT2D eigenvalue weighted by atomic mass is 35.5. The van der Waals surface area contributed by atoms with Crippen molar-refractivity contribution in [2.24, 2.45) is 0 Å². The highest BCUT2D eigenvalue weighted by Gasteiger charge is 2.30. The number of ether oxygens (including phenoxy) is 1. The number of carbonyl (C=O) groups excluding carboxylic acids is 2. The Balaban J connectivity index is 1.89. The molecule has 0 unspecified atom stereocenters. The van der Waals surface area contributed by atoms with Crippen molar-refractivity contribution < 1.29 is 14.3 Å². The lowest BCUT2D eigenvalue weighted by molar-refractivity contribution is -0.142. The van der Waals surface area contributed by atoms with Gasteiger partial charge in [0.05, 0.1) is 0 Å². The van der Waals surface area contributed by atoms with E-state index in [1.165, 1.54) is 0 Å². The first-order chi connectivity index (χ1) is 16.9. The Morgan fingerprint density at radius 1 is 0.971 bits per heavy atom. The normalized spacial score (nSPS) is 11.5. The number of halogens is 1. The zero-order valence-electron chi connectivity index (χ0n) is 20.6. The SMILES string of the molecule is CCCNC(=O)[C@@H](Cc1ccccc1)N(Cc1cccc(C)c1)C(=O)COc1ccc(Cl)c(C)c1. The van der Waals surface area contributed by atoms with Crippen molar-refractivity contribution >= 4 is 23.4 Å². The standard InChI is InChI=1S/C29H33ClN2O3/c1-4-15-31-29(34)27(18-23-10-6-5-7-11-23)32(19-24-12-8-9-21(2)16-24)28(33)20-35-25-13-14-26(30)22(3)17-25/h5-14,16-17,27H,4,15,18-20H2,1-3H3,(H,31,34)/t27-/m1/s1. The number of amides is 2. The van der Waals surface area contributed by atoms with E-state index in [0.717, 1.165) is 28.7 Å². The van der Waals surface area contributed by atoms with Crippen LogP contribution in [0.4, 0.5) is 0 Å². The molecule has 0 aliphatic rings. The summed E-state index contributed by atoms with van der Waals surface area (Å²) in [6.07, 6.45) is 1.22. The molecule has 3 aromatic carbocycles. The number of nitrogens with zero attached hydrogens (tertiary/aromatic N) is 1. The summed E-state index contributed by atoms with van der Waals surface area (Å²) in [5.41, 5.74) is 3.91. The van der Waals surface area contributed by atoms with Gasteiger partial charge in [0.15, 0.2) is 6.61 Å². The molecule has 0 saturated heterocycles. The molecular weight excluding hydrogens is 460 g/mol. The fraction of sp³-hybridized carbons (Fsp3) is 0.310. The third-order valence-corrected chi connectivity index (χ3v) is 6.17. The highest BCUT2D eigenvalue weighted by Crippen LogP contribution is 2.22. The summed E-state index contributed by atoms with van der Waals surface area (Å²) >= 11 is 6.12. The van der Waals surface area contributed by atoms with E-state index in [4.69, 9.17) is 16.3 Å². The van der Waals surface area contributed by atoms with Gasteiger partial charge in [-0.3, -0.25) is 9.59 Å². The van der Waals surface area contributed by atoms with Crippen LogP contribution in [0.3, 0.4) is 0 Å². The monoisotopic (exact) mass is 492 g/mol. The van der Waals surface area contributed by atoms with Crippen LogP contribution in [-0.4, -0.2) is 35.9 Å². The summed E-state index contributed by atoms with van der Waals surface area (Å²) in [5.74, 6) is 0.136. The van der Waals surface area contributed by atoms with Crippen LogP contribution in [0.25, 0.3) is 0 Å². The second kappa shape index (κ2) is 13.0. The van der Waals surface area contributed by atoms with Crippen molar-refractivity contribution in [1.82, 2.24) is 10.2 Å². The molecule has 35 heavy (non-hydrogen) atoms. The van der Waals surface area contributed by atoms with Crippen LogP contribution >= 0.6 is 11.6 Å². The first kappa shape index (κ1) is 26.3. The maximum absolute atomic E-state index is 13.6. The van der Waals surface area contributed by atoms with Crippen LogP contribution in [0, 0.1) is 13.8 Å². The van der Waals surface area contributed by atoms with Gasteiger partial charge in [-0.2, -0.15) is 0 Å². The Morgan fingerprint density at radius 3 is 2.40 bits per heavy atom. The van der Waals surface area contributed by atoms with E-state index in [9.17, 15) is 9.59 Å². The van der Waals surface area contributed by atoms with Crippen LogP contribution in [0.5, 0.6) is 5.75 Å². The minimum atomic E-state index is -0.674. The molecule has 2 amide bonds. The van der Waals surface area contributed by atoms with Crippen LogP contribution in [-0.2, 0) is 22.6 Å². The Bertz CT molecular complexity index is 1130. The van der Waals surface area contributed by atoms with Crippen molar-refractivity contribution in [3.8, 4) is 5.75 Å². The van der Waals surface area contributed by atoms with Gasteiger partial charge >= 0.3 is 0 Å². The van der Waals surface area contributed by atoms with E-state index in [1.54, 1.807) is 23.1 Å². The smallest absolute Gasteiger partial charge is 0.261 e. The first-order valence-electron chi connectivity index (χ1n) is 11.9. The van der Waals surface area contributed by atoms with Crippen molar-refractivity contribution in [2.75, 3.05) is 13.2 Å². The number of hydrogen-bond donors (Lipinski definition) is 1. The third kappa shape index (κ3) is 7.86. The maximum atomic E-state index is 13.6. The second-order valence-corrected chi connectivity index (χ2v) is 9.11. The van der Waals surface area contributed by atoms with E-state index in [0.29, 0.717) is 30.3 Å². The Labute approximate surface area is 213 Å². The van der Waals surface area contributed by atoms with Gasteiger partial charge in [0.25, 0.3) is 5.91 Å². The zero-order valence-corrected chi connectivity index (χ0v) is 21.3. The van der Waals surface area contributed by atoms with Crippen molar-refractivity contribution in [1.29, 1.82) is 0 Å². The molecule has 1 N–H and O–H groups in total. The number of carbonyl (C=O) groups is 2. The van der Waals surface area contributed by atoms with Gasteiger partial charge in [-0.1, -0.05) is 78.7 Å². The topological polar surface area (TPSA) is 58.6 Å². The number of hydrogen-bond acceptors (Lipinski definition) is 3. The average Bonchev–Trinajstić information content (AvgIpc) is 2.86. The predicted molar refractivity (Wildman–Crippen MR) is 141 cm³/mol. The highest BCUT2D eigenvalue weighted by molar-refractivity contribution is 6.31. The Hall–Kier alpha value is -3.31. The number of benzene rings is 3. The fourth-order valence-corrected chi connectivity index (χ4v) is 3.98. The second-order valence-electron chi connectivity index (χ2n) is 8.71. The molecule has 0 aliphatic carbocycles. The Morgan fingerprint density at radius 2 is 1.71 bits per heavy atom. The van der Waals surface area contributed by atoms with Gasteiger partial charge < -0.3 is 15.0 Å². The Kier molecular flexibility index (Phi) is 9.74. The van der Waals surface area contributed by atoms with Crippen LogP contribution in [0.2, 0.25) is 5.02 Å². The number of aryl methyl sites for hydroxylation is 2. The number of nitrogens with one attached hydrogen (secondary N) is 1. The first-order valence-corrected chi connectivity index (χ1v) is 12.3. The van der Waals surface area contributed by atoms with Crippen LogP contribution in [0.1, 0.15) is 35.6 Å². The zero-order chi connectivity index (χ0) is 25.2. The molecule has 5 nitrogen and oxygen atoms in total. The van der Waals surface area contributed by atoms with Crippen molar-refractivity contribution in [2.45, 2.75) is 46.2 Å². The molecule has 0 aliphatic heterocycles. The van der Waals surface area contributed by atoms with Gasteiger partial charge in [0.2, 0.25) is 5.91 Å². The lowest BCUT2D eigenvalue weighted by atomic mass is 10.0. The van der Waals surface area contributed by atoms with Crippen LogP contribution < -0.4 is 10.1 Å². The average molecular weight is 493 g/mol. The third-order valence-electron chi connectivity index (χ3n) is 5.75. The summed E-state index contributed by atoms with van der Waals surface area (Å²) < 4.78 is 5.83. The molecule has 3 aromatic rings. The molecule has 0 spiro atoms. The predicted octanol–water partition coefficient (Wildman–Crippen LogP) is 5.50. The molecule has 184 valence electrons. The molecule has 0 saturated carbocycles. The van der Waals surface area contributed by atoms with Crippen molar-refractivity contribution in [3.05, 3.63) is 100 Å². The quantitative estimate of drug-likeness (QED) is 0.384. The van der Waals surface area contributed by atoms with Gasteiger partial charge in [0, 0.05) is 24.5 Å². The largest absolute Gasteiger partial charge is 0.484 e. The van der Waals surface area contributed by atoms with Gasteiger partial charge in [-0.05, 0) is 55.2 Å². The summed E-state index contributed by atoms with van der Waals surface area (Å²) in [6, 6.07) is 22.4. The van der Waals surface area contributed by atoms with Gasteiger partial charge in [0.1, 0.15) is 11.8 Å². The molecule has 3 rings (SSSR count). The van der Waals surface area contributed by atoms with E-state index >= 15 is 0 Å². The number of rotatable bonds is 11. The van der Waals surface area contributed by atoms with E-state index in [2.05, 4.69) is 5.32 Å². The van der Waals surface area contributed by atoms with Gasteiger partial charge in [-0.25, -0.2) is 0 Å². The fourth-order valence-electron chi connectivity index (χ4n) is 3.86. The van der Waals surface area contributed by atoms with Gasteiger partial charge in [-0.15, -0.1) is 0 Å². The summed E-state index contributed by atoms with van der Waals surface area (Å²) in [6.45, 7) is 6.58. The molecule has 0 fully saturated rings. The molecular formula is C29H33ClN2O3. The van der Waals surface area contributed by atoms with E-state index < -0.39 is 6.04 Å². The van der Waals surface area contributed by atoms with Crippen LogP contribution in [0.15, 0.2) is 72.8 Å². The molecule has 1 atom stereocenters. The molecule has 0 heterocycles. The summed E-state index contributed by atoms with van der Waals surface area (Å²) in [4.78, 5) is 28.5. The van der Waals surface area contributed by atoms with E-state index in [1.807, 2.05) is 75.4 Å². The summed E-state index contributed by atoms with van der Waals surface area (Å²) in [5, 5.41) is 3.62. The lowest BCUT2D eigenvalue weighted by Crippen LogP contribution is -2.51. The van der Waals surface area contributed by atoms with E-state index in [-0.39, 0.29) is 18.4 Å². The molecule has 0 radical (unpaired) electrons. The lowest BCUT2D eigenvalue weighted by Gasteiger charge is -2.31. The molecule has 6 heteroatoms. The molecule has 0 bridgehead atoms.